The predicted octanol–water partition coefficient (Wildman–Crippen LogP) is 3.22. The fourth-order valence-corrected chi connectivity index (χ4v) is 3.08. The third-order valence-electron chi connectivity index (χ3n) is 4.24. The van der Waals surface area contributed by atoms with Crippen molar-refractivity contribution >= 4 is 35.7 Å². The summed E-state index contributed by atoms with van der Waals surface area (Å²) >= 11 is 6.47. The number of amides is 1. The van der Waals surface area contributed by atoms with Crippen LogP contribution in [0.3, 0.4) is 0 Å². The average Bonchev–Trinajstić information content (AvgIpc) is 3.20. The minimum atomic E-state index is -0.442. The van der Waals surface area contributed by atoms with Gasteiger partial charge in [0.15, 0.2) is 11.5 Å². The summed E-state index contributed by atoms with van der Waals surface area (Å²) in [5.74, 6) is 0.618. The van der Waals surface area contributed by atoms with E-state index in [0.29, 0.717) is 49.4 Å². The highest BCUT2D eigenvalue weighted by Gasteiger charge is 2.15. The zero-order valence-electron chi connectivity index (χ0n) is 17.5. The molecule has 0 aliphatic heterocycles. The van der Waals surface area contributed by atoms with Crippen LogP contribution in [0.25, 0.3) is 0 Å². The zero-order valence-corrected chi connectivity index (χ0v) is 19.0. The monoisotopic (exact) mass is 481 g/mol. The fraction of sp³-hybridized carbons (Fsp3) is 0.286. The van der Waals surface area contributed by atoms with Gasteiger partial charge >= 0.3 is 0 Å². The number of rotatable bonds is 11. The van der Waals surface area contributed by atoms with E-state index in [1.165, 1.54) is 0 Å². The highest BCUT2D eigenvalue weighted by molar-refractivity contribution is 6.32. The SMILES string of the molecule is CCOc1cc(CNCCNC(=O)c2nonc2N)cc(Cl)c1OCc1ccccc1.Cl. The molecule has 11 heteroatoms. The van der Waals surface area contributed by atoms with E-state index < -0.39 is 5.91 Å². The summed E-state index contributed by atoms with van der Waals surface area (Å²) in [6.07, 6.45) is 0. The third-order valence-corrected chi connectivity index (χ3v) is 4.52. The number of hydrogen-bond donors (Lipinski definition) is 3. The molecule has 1 amide bonds. The van der Waals surface area contributed by atoms with Crippen molar-refractivity contribution in [2.24, 2.45) is 0 Å². The van der Waals surface area contributed by atoms with Crippen LogP contribution in [0.5, 0.6) is 11.5 Å². The largest absolute Gasteiger partial charge is 0.490 e. The molecule has 3 aromatic rings. The van der Waals surface area contributed by atoms with E-state index in [1.54, 1.807) is 0 Å². The van der Waals surface area contributed by atoms with E-state index in [4.69, 9.17) is 26.8 Å². The number of ether oxygens (including phenoxy) is 2. The van der Waals surface area contributed by atoms with Crippen LogP contribution in [0, 0.1) is 0 Å². The van der Waals surface area contributed by atoms with Gasteiger partial charge in [-0.1, -0.05) is 41.9 Å². The summed E-state index contributed by atoms with van der Waals surface area (Å²) in [5, 5.41) is 13.2. The Morgan fingerprint density at radius 3 is 2.59 bits per heavy atom. The van der Waals surface area contributed by atoms with Crippen molar-refractivity contribution in [3.05, 3.63) is 64.3 Å². The molecule has 0 fully saturated rings. The molecule has 1 aromatic heterocycles. The molecule has 9 nitrogen and oxygen atoms in total. The summed E-state index contributed by atoms with van der Waals surface area (Å²) < 4.78 is 16.1. The van der Waals surface area contributed by atoms with Gasteiger partial charge in [-0.25, -0.2) is 4.63 Å². The van der Waals surface area contributed by atoms with Crippen molar-refractivity contribution < 1.29 is 18.9 Å². The van der Waals surface area contributed by atoms with Gasteiger partial charge in [-0.3, -0.25) is 4.79 Å². The van der Waals surface area contributed by atoms with Crippen LogP contribution < -0.4 is 25.8 Å². The highest BCUT2D eigenvalue weighted by atomic mass is 35.5. The molecule has 2 aromatic carbocycles. The number of carbonyl (C=O) groups is 1. The number of nitrogens with zero attached hydrogens (tertiary/aromatic N) is 2. The molecule has 1 heterocycles. The second-order valence-corrected chi connectivity index (χ2v) is 6.95. The number of nitrogens with two attached hydrogens (primary N) is 1. The van der Waals surface area contributed by atoms with Gasteiger partial charge < -0.3 is 25.8 Å². The molecule has 4 N–H and O–H groups in total. The maximum atomic E-state index is 11.9. The maximum absolute atomic E-state index is 11.9. The highest BCUT2D eigenvalue weighted by Crippen LogP contribution is 2.37. The van der Waals surface area contributed by atoms with E-state index >= 15 is 0 Å². The topological polar surface area (TPSA) is 125 Å². The number of halogens is 2. The average molecular weight is 482 g/mol. The lowest BCUT2D eigenvalue weighted by Crippen LogP contribution is -2.32. The van der Waals surface area contributed by atoms with Crippen LogP contribution in [0.15, 0.2) is 47.1 Å². The summed E-state index contributed by atoms with van der Waals surface area (Å²) in [7, 11) is 0. The Morgan fingerprint density at radius 2 is 1.91 bits per heavy atom. The van der Waals surface area contributed by atoms with Crippen molar-refractivity contribution in [1.29, 1.82) is 0 Å². The number of benzene rings is 2. The van der Waals surface area contributed by atoms with Crippen LogP contribution in [0.2, 0.25) is 5.02 Å². The molecule has 0 bridgehead atoms. The Labute approximate surface area is 197 Å². The van der Waals surface area contributed by atoms with Crippen molar-refractivity contribution in [2.75, 3.05) is 25.4 Å². The molecule has 3 rings (SSSR count). The van der Waals surface area contributed by atoms with E-state index in [0.717, 1.165) is 11.1 Å². The molecule has 0 saturated carbocycles. The van der Waals surface area contributed by atoms with Crippen molar-refractivity contribution in [2.45, 2.75) is 20.1 Å². The fourth-order valence-electron chi connectivity index (χ4n) is 2.79. The summed E-state index contributed by atoms with van der Waals surface area (Å²) in [6, 6.07) is 13.6. The molecular weight excluding hydrogens is 457 g/mol. The van der Waals surface area contributed by atoms with Crippen molar-refractivity contribution in [1.82, 2.24) is 20.9 Å². The summed E-state index contributed by atoms with van der Waals surface area (Å²) in [6.45, 7) is 4.20. The third kappa shape index (κ3) is 7.01. The molecule has 0 radical (unpaired) electrons. The van der Waals surface area contributed by atoms with Gasteiger partial charge in [0.1, 0.15) is 6.61 Å². The lowest BCUT2D eigenvalue weighted by atomic mass is 10.2. The number of carbonyl (C=O) groups excluding carboxylic acids is 1. The lowest BCUT2D eigenvalue weighted by Gasteiger charge is -2.16. The van der Waals surface area contributed by atoms with Gasteiger partial charge in [0.25, 0.3) is 5.91 Å². The van der Waals surface area contributed by atoms with Gasteiger partial charge in [0, 0.05) is 19.6 Å². The van der Waals surface area contributed by atoms with Gasteiger partial charge in [-0.05, 0) is 40.5 Å². The smallest absolute Gasteiger partial charge is 0.277 e. The van der Waals surface area contributed by atoms with E-state index in [2.05, 4.69) is 25.6 Å². The molecule has 0 aliphatic carbocycles. The summed E-state index contributed by atoms with van der Waals surface area (Å²) in [4.78, 5) is 11.9. The van der Waals surface area contributed by atoms with Crippen molar-refractivity contribution in [3.63, 3.8) is 0 Å². The van der Waals surface area contributed by atoms with E-state index in [1.807, 2.05) is 49.4 Å². The minimum absolute atomic E-state index is 0. The number of anilines is 1. The quantitative estimate of drug-likeness (QED) is 0.356. The van der Waals surface area contributed by atoms with Crippen LogP contribution in [-0.2, 0) is 13.2 Å². The molecule has 32 heavy (non-hydrogen) atoms. The summed E-state index contributed by atoms with van der Waals surface area (Å²) in [5.41, 5.74) is 7.43. The molecule has 0 spiro atoms. The van der Waals surface area contributed by atoms with Gasteiger partial charge in [0.2, 0.25) is 11.5 Å². The van der Waals surface area contributed by atoms with Gasteiger partial charge in [-0.15, -0.1) is 12.4 Å². The first-order chi connectivity index (χ1) is 15.1. The van der Waals surface area contributed by atoms with Crippen molar-refractivity contribution in [3.8, 4) is 11.5 Å². The van der Waals surface area contributed by atoms with Crippen LogP contribution in [0.1, 0.15) is 28.5 Å². The van der Waals surface area contributed by atoms with Gasteiger partial charge in [-0.2, -0.15) is 0 Å². The van der Waals surface area contributed by atoms with Crippen LogP contribution >= 0.6 is 24.0 Å². The number of nitrogens with one attached hydrogen (secondary N) is 2. The molecule has 0 unspecified atom stereocenters. The second-order valence-electron chi connectivity index (χ2n) is 6.54. The van der Waals surface area contributed by atoms with Crippen LogP contribution in [0.4, 0.5) is 5.82 Å². The van der Waals surface area contributed by atoms with E-state index in [-0.39, 0.29) is 23.9 Å². The Balaban J connectivity index is 0.00000363. The molecule has 172 valence electrons. The Kier molecular flexibility index (Phi) is 10.1. The molecule has 0 atom stereocenters. The predicted molar refractivity (Wildman–Crippen MR) is 123 cm³/mol. The Hall–Kier alpha value is -3.01. The number of aromatic nitrogens is 2. The molecule has 0 saturated heterocycles. The number of nitrogen functional groups attached to an aromatic ring is 1. The lowest BCUT2D eigenvalue weighted by molar-refractivity contribution is 0.0944. The molecule has 0 aliphatic rings. The standard InChI is InChI=1S/C21H24ClN5O4.ClH/c1-2-29-17-11-15(10-16(22)19(17)30-13-14-6-4-3-5-7-14)12-24-8-9-25-21(28)18-20(23)27-31-26-18;/h3-7,10-11,24H,2,8-9,12-13H2,1H3,(H2,23,27)(H,25,28);1H. The first-order valence-corrected chi connectivity index (χ1v) is 10.1. The van der Waals surface area contributed by atoms with Gasteiger partial charge in [0.05, 0.1) is 11.6 Å². The van der Waals surface area contributed by atoms with E-state index in [9.17, 15) is 4.79 Å². The first kappa shape index (κ1) is 25.3. The first-order valence-electron chi connectivity index (χ1n) is 9.77. The minimum Gasteiger partial charge on any atom is -0.490 e. The zero-order chi connectivity index (χ0) is 22.1. The normalized spacial score (nSPS) is 10.3. The Morgan fingerprint density at radius 1 is 1.12 bits per heavy atom. The second kappa shape index (κ2) is 12.7. The van der Waals surface area contributed by atoms with Crippen LogP contribution in [-0.4, -0.2) is 35.9 Å². The number of hydrogen-bond acceptors (Lipinski definition) is 8. The molecular formula is C21H25Cl2N5O4. The maximum Gasteiger partial charge on any atom is 0.277 e. The Bertz CT molecular complexity index is 1000.